The standard InChI is InChI=1S/C17H18O2/c1-3-4-17(18)19-16-11-9-15(10-12-16)14-7-5-13(2)6-8-14/h5-12H,3-4H2,1-2H3. The van der Waals surface area contributed by atoms with Crippen LogP contribution in [0, 0.1) is 6.92 Å². The first-order valence-corrected chi connectivity index (χ1v) is 6.57. The molecule has 0 saturated carbocycles. The van der Waals surface area contributed by atoms with E-state index in [1.165, 1.54) is 5.56 Å². The van der Waals surface area contributed by atoms with Gasteiger partial charge in [-0.15, -0.1) is 0 Å². The predicted octanol–water partition coefficient (Wildman–Crippen LogP) is 4.37. The third-order valence-electron chi connectivity index (χ3n) is 2.93. The van der Waals surface area contributed by atoms with Gasteiger partial charge >= 0.3 is 5.97 Å². The topological polar surface area (TPSA) is 26.3 Å². The summed E-state index contributed by atoms with van der Waals surface area (Å²) in [5.41, 5.74) is 3.53. The average molecular weight is 254 g/mol. The molecule has 2 rings (SSSR count). The second-order valence-corrected chi connectivity index (χ2v) is 4.61. The van der Waals surface area contributed by atoms with E-state index in [0.717, 1.165) is 17.5 Å². The van der Waals surface area contributed by atoms with Crippen molar-refractivity contribution in [2.45, 2.75) is 26.7 Å². The van der Waals surface area contributed by atoms with Crippen molar-refractivity contribution in [3.8, 4) is 16.9 Å². The Morgan fingerprint density at radius 2 is 1.47 bits per heavy atom. The molecular weight excluding hydrogens is 236 g/mol. The van der Waals surface area contributed by atoms with Crippen LogP contribution in [-0.4, -0.2) is 5.97 Å². The maximum atomic E-state index is 11.4. The Hall–Kier alpha value is -2.09. The zero-order valence-corrected chi connectivity index (χ0v) is 11.3. The van der Waals surface area contributed by atoms with Gasteiger partial charge in [-0.2, -0.15) is 0 Å². The lowest BCUT2D eigenvalue weighted by Gasteiger charge is -2.06. The van der Waals surface area contributed by atoms with Crippen LogP contribution < -0.4 is 4.74 Å². The fourth-order valence-electron chi connectivity index (χ4n) is 1.85. The summed E-state index contributed by atoms with van der Waals surface area (Å²) in [6, 6.07) is 16.0. The Morgan fingerprint density at radius 1 is 0.947 bits per heavy atom. The van der Waals surface area contributed by atoms with Crippen LogP contribution in [0.2, 0.25) is 0 Å². The van der Waals surface area contributed by atoms with Gasteiger partial charge in [-0.25, -0.2) is 0 Å². The molecule has 0 aliphatic rings. The first-order chi connectivity index (χ1) is 9.19. The second-order valence-electron chi connectivity index (χ2n) is 4.61. The predicted molar refractivity (Wildman–Crippen MR) is 77.2 cm³/mol. The van der Waals surface area contributed by atoms with Gasteiger partial charge in [-0.1, -0.05) is 48.9 Å². The van der Waals surface area contributed by atoms with Crippen molar-refractivity contribution in [1.82, 2.24) is 0 Å². The fourth-order valence-corrected chi connectivity index (χ4v) is 1.85. The molecule has 0 radical (unpaired) electrons. The molecule has 0 unspecified atom stereocenters. The summed E-state index contributed by atoms with van der Waals surface area (Å²) >= 11 is 0. The minimum Gasteiger partial charge on any atom is -0.427 e. The summed E-state index contributed by atoms with van der Waals surface area (Å²) in [4.78, 5) is 11.4. The third-order valence-corrected chi connectivity index (χ3v) is 2.93. The van der Waals surface area contributed by atoms with Gasteiger partial charge in [-0.05, 0) is 36.6 Å². The number of rotatable bonds is 4. The van der Waals surface area contributed by atoms with Crippen molar-refractivity contribution in [1.29, 1.82) is 0 Å². The van der Waals surface area contributed by atoms with Gasteiger partial charge < -0.3 is 4.74 Å². The van der Waals surface area contributed by atoms with Gasteiger partial charge in [0.05, 0.1) is 0 Å². The molecule has 2 aromatic carbocycles. The molecule has 0 heterocycles. The number of hydrogen-bond donors (Lipinski definition) is 0. The van der Waals surface area contributed by atoms with Crippen LogP contribution in [0.1, 0.15) is 25.3 Å². The normalized spacial score (nSPS) is 10.2. The van der Waals surface area contributed by atoms with Crippen molar-refractivity contribution in [2.24, 2.45) is 0 Å². The van der Waals surface area contributed by atoms with Crippen LogP contribution in [0.4, 0.5) is 0 Å². The summed E-state index contributed by atoms with van der Waals surface area (Å²) in [7, 11) is 0. The number of hydrogen-bond acceptors (Lipinski definition) is 2. The fraction of sp³-hybridized carbons (Fsp3) is 0.235. The van der Waals surface area contributed by atoms with Gasteiger partial charge in [0.15, 0.2) is 0 Å². The minimum absolute atomic E-state index is 0.175. The van der Waals surface area contributed by atoms with E-state index in [2.05, 4.69) is 31.2 Å². The third kappa shape index (κ3) is 3.68. The van der Waals surface area contributed by atoms with Crippen LogP contribution in [0.25, 0.3) is 11.1 Å². The molecule has 0 bridgehead atoms. The summed E-state index contributed by atoms with van der Waals surface area (Å²) in [6.45, 7) is 4.03. The van der Waals surface area contributed by atoms with E-state index in [1.807, 2.05) is 31.2 Å². The first kappa shape index (κ1) is 13.3. The highest BCUT2D eigenvalue weighted by atomic mass is 16.5. The van der Waals surface area contributed by atoms with Gasteiger partial charge in [0.25, 0.3) is 0 Å². The van der Waals surface area contributed by atoms with Crippen molar-refractivity contribution in [3.63, 3.8) is 0 Å². The molecule has 2 heteroatoms. The second kappa shape index (κ2) is 6.19. The van der Waals surface area contributed by atoms with Crippen molar-refractivity contribution >= 4 is 5.97 Å². The maximum absolute atomic E-state index is 11.4. The molecule has 19 heavy (non-hydrogen) atoms. The van der Waals surface area contributed by atoms with E-state index in [-0.39, 0.29) is 5.97 Å². The number of aryl methyl sites for hydroxylation is 1. The molecule has 2 aromatic rings. The van der Waals surface area contributed by atoms with Crippen molar-refractivity contribution in [3.05, 3.63) is 54.1 Å². The van der Waals surface area contributed by atoms with Crippen LogP contribution in [0.3, 0.4) is 0 Å². The molecule has 0 atom stereocenters. The highest BCUT2D eigenvalue weighted by Crippen LogP contribution is 2.23. The van der Waals surface area contributed by atoms with Gasteiger partial charge in [-0.3, -0.25) is 4.79 Å². The van der Waals surface area contributed by atoms with Gasteiger partial charge in [0.1, 0.15) is 5.75 Å². The number of carbonyl (C=O) groups excluding carboxylic acids is 1. The molecule has 0 spiro atoms. The van der Waals surface area contributed by atoms with Crippen molar-refractivity contribution < 1.29 is 9.53 Å². The number of benzene rings is 2. The zero-order valence-electron chi connectivity index (χ0n) is 11.3. The van der Waals surface area contributed by atoms with Gasteiger partial charge in [0, 0.05) is 6.42 Å². The Morgan fingerprint density at radius 3 is 2.00 bits per heavy atom. The minimum atomic E-state index is -0.175. The number of carbonyl (C=O) groups is 1. The molecular formula is C17H18O2. The highest BCUT2D eigenvalue weighted by Gasteiger charge is 2.03. The largest absolute Gasteiger partial charge is 0.427 e. The highest BCUT2D eigenvalue weighted by molar-refractivity contribution is 5.73. The average Bonchev–Trinajstić information content (AvgIpc) is 2.41. The van der Waals surface area contributed by atoms with Gasteiger partial charge in [0.2, 0.25) is 0 Å². The Labute approximate surface area is 114 Å². The summed E-state index contributed by atoms with van der Waals surface area (Å²) < 4.78 is 5.23. The summed E-state index contributed by atoms with van der Waals surface area (Å²) in [5.74, 6) is 0.430. The van der Waals surface area contributed by atoms with E-state index in [0.29, 0.717) is 12.2 Å². The molecule has 0 aromatic heterocycles. The smallest absolute Gasteiger partial charge is 0.311 e. The van der Waals surface area contributed by atoms with E-state index >= 15 is 0 Å². The van der Waals surface area contributed by atoms with E-state index in [1.54, 1.807) is 0 Å². The molecule has 0 fully saturated rings. The monoisotopic (exact) mass is 254 g/mol. The number of esters is 1. The lowest BCUT2D eigenvalue weighted by molar-refractivity contribution is -0.134. The SMILES string of the molecule is CCCC(=O)Oc1ccc(-c2ccc(C)cc2)cc1. The Kier molecular flexibility index (Phi) is 4.35. The van der Waals surface area contributed by atoms with Crippen LogP contribution in [0.5, 0.6) is 5.75 Å². The van der Waals surface area contributed by atoms with Crippen molar-refractivity contribution in [2.75, 3.05) is 0 Å². The molecule has 0 aliphatic carbocycles. The van der Waals surface area contributed by atoms with E-state index in [9.17, 15) is 4.79 Å². The van der Waals surface area contributed by atoms with E-state index < -0.39 is 0 Å². The summed E-state index contributed by atoms with van der Waals surface area (Å²) in [6.07, 6.45) is 1.26. The van der Waals surface area contributed by atoms with E-state index in [4.69, 9.17) is 4.74 Å². The summed E-state index contributed by atoms with van der Waals surface area (Å²) in [5, 5.41) is 0. The molecule has 98 valence electrons. The van der Waals surface area contributed by atoms with Crippen LogP contribution in [0.15, 0.2) is 48.5 Å². The number of ether oxygens (including phenoxy) is 1. The Balaban J connectivity index is 2.10. The zero-order chi connectivity index (χ0) is 13.7. The lowest BCUT2D eigenvalue weighted by atomic mass is 10.0. The molecule has 0 saturated heterocycles. The Bertz CT molecular complexity index is 538. The molecule has 2 nitrogen and oxygen atoms in total. The first-order valence-electron chi connectivity index (χ1n) is 6.57. The van der Waals surface area contributed by atoms with Crippen LogP contribution in [-0.2, 0) is 4.79 Å². The molecule has 0 N–H and O–H groups in total. The lowest BCUT2D eigenvalue weighted by Crippen LogP contribution is -2.06. The van der Waals surface area contributed by atoms with Crippen LogP contribution >= 0.6 is 0 Å². The quantitative estimate of drug-likeness (QED) is 0.598. The molecule has 0 aliphatic heterocycles. The maximum Gasteiger partial charge on any atom is 0.311 e. The molecule has 0 amide bonds.